The van der Waals surface area contributed by atoms with Crippen LogP contribution in [-0.2, 0) is 4.74 Å². The Labute approximate surface area is 88.9 Å². The highest BCUT2D eigenvalue weighted by molar-refractivity contribution is 5.92. The topological polar surface area (TPSA) is 71.1 Å². The van der Waals surface area contributed by atoms with Gasteiger partial charge in [0.05, 0.1) is 13.2 Å². The maximum absolute atomic E-state index is 7.30. The molecule has 0 aliphatic carbocycles. The van der Waals surface area contributed by atoms with Crippen LogP contribution in [0.4, 0.5) is 11.4 Å². The van der Waals surface area contributed by atoms with Crippen LogP contribution in [-0.4, -0.2) is 26.0 Å². The van der Waals surface area contributed by atoms with E-state index in [9.17, 15) is 0 Å². The van der Waals surface area contributed by atoms with E-state index in [-0.39, 0.29) is 0 Å². The highest BCUT2D eigenvalue weighted by atomic mass is 16.5. The third-order valence-corrected chi connectivity index (χ3v) is 2.57. The van der Waals surface area contributed by atoms with Gasteiger partial charge in [0, 0.05) is 35.6 Å². The average molecular weight is 205 g/mol. The number of nitrogen functional groups attached to an aromatic ring is 1. The summed E-state index contributed by atoms with van der Waals surface area (Å²) in [6.07, 6.45) is 1.29. The first kappa shape index (κ1) is 9.98. The van der Waals surface area contributed by atoms with Crippen LogP contribution in [0.2, 0.25) is 0 Å². The maximum Gasteiger partial charge on any atom is 0.0533 e. The molecule has 0 atom stereocenters. The number of anilines is 2. The van der Waals surface area contributed by atoms with Crippen molar-refractivity contribution in [3.8, 4) is 0 Å². The third kappa shape index (κ3) is 2.10. The summed E-state index contributed by atoms with van der Waals surface area (Å²) < 4.78 is 5.09. The number of nitrogens with one attached hydrogen (secondary N) is 2. The van der Waals surface area contributed by atoms with Crippen LogP contribution >= 0.6 is 0 Å². The van der Waals surface area contributed by atoms with Crippen molar-refractivity contribution in [3.63, 3.8) is 0 Å². The molecule has 1 saturated heterocycles. The molecule has 4 heteroatoms. The van der Waals surface area contributed by atoms with Crippen LogP contribution in [0.1, 0.15) is 5.56 Å². The van der Waals surface area contributed by atoms with Crippen molar-refractivity contribution in [1.29, 1.82) is 5.41 Å². The molecule has 0 unspecified atom stereocenters. The lowest BCUT2D eigenvalue weighted by molar-refractivity contribution is -0.0248. The molecule has 1 heterocycles. The van der Waals surface area contributed by atoms with E-state index in [0.29, 0.717) is 11.6 Å². The Morgan fingerprint density at radius 3 is 2.93 bits per heavy atom. The summed E-state index contributed by atoms with van der Waals surface area (Å²) in [5, 5.41) is 10.6. The van der Waals surface area contributed by atoms with Crippen molar-refractivity contribution in [2.45, 2.75) is 0 Å². The fourth-order valence-electron chi connectivity index (χ4n) is 1.55. The normalized spacial score (nSPS) is 15.7. The van der Waals surface area contributed by atoms with Gasteiger partial charge in [-0.1, -0.05) is 6.07 Å². The lowest BCUT2D eigenvalue weighted by Crippen LogP contribution is -2.33. The number of hydrogen-bond acceptors (Lipinski definition) is 4. The van der Waals surface area contributed by atoms with E-state index >= 15 is 0 Å². The molecule has 4 nitrogen and oxygen atoms in total. The van der Waals surface area contributed by atoms with E-state index in [2.05, 4.69) is 5.32 Å². The summed E-state index contributed by atoms with van der Waals surface area (Å²) in [5.74, 6) is 0.588. The van der Waals surface area contributed by atoms with Crippen molar-refractivity contribution in [3.05, 3.63) is 23.8 Å². The lowest BCUT2D eigenvalue weighted by atomic mass is 10.1. The summed E-state index contributed by atoms with van der Waals surface area (Å²) in [7, 11) is 0. The Hall–Kier alpha value is -1.55. The van der Waals surface area contributed by atoms with E-state index < -0.39 is 0 Å². The highest BCUT2D eigenvalue weighted by Gasteiger charge is 2.18. The van der Waals surface area contributed by atoms with Crippen molar-refractivity contribution in [2.24, 2.45) is 5.92 Å². The zero-order chi connectivity index (χ0) is 10.7. The molecule has 0 spiro atoms. The monoisotopic (exact) mass is 205 g/mol. The number of nitrogens with two attached hydrogens (primary N) is 1. The molecule has 0 radical (unpaired) electrons. The van der Waals surface area contributed by atoms with Gasteiger partial charge in [0.2, 0.25) is 0 Å². The van der Waals surface area contributed by atoms with E-state index in [1.54, 1.807) is 6.07 Å². The fraction of sp³-hybridized carbons (Fsp3) is 0.364. The quantitative estimate of drug-likeness (QED) is 0.513. The summed E-state index contributed by atoms with van der Waals surface area (Å²) >= 11 is 0. The smallest absolute Gasteiger partial charge is 0.0533 e. The summed E-state index contributed by atoms with van der Waals surface area (Å²) in [5.41, 5.74) is 8.10. The summed E-state index contributed by atoms with van der Waals surface area (Å²) in [4.78, 5) is 0. The first-order valence-electron chi connectivity index (χ1n) is 5.02. The number of rotatable bonds is 4. The van der Waals surface area contributed by atoms with Gasteiger partial charge < -0.3 is 21.2 Å². The Balaban J connectivity index is 2.05. The zero-order valence-electron chi connectivity index (χ0n) is 8.49. The molecule has 2 rings (SSSR count). The molecule has 1 aliphatic rings. The van der Waals surface area contributed by atoms with Crippen molar-refractivity contribution < 1.29 is 4.74 Å². The molecule has 1 fully saturated rings. The molecule has 1 aromatic carbocycles. The molecule has 15 heavy (non-hydrogen) atoms. The van der Waals surface area contributed by atoms with Crippen molar-refractivity contribution >= 4 is 17.6 Å². The van der Waals surface area contributed by atoms with Crippen LogP contribution in [0, 0.1) is 11.3 Å². The molecule has 1 aromatic rings. The Morgan fingerprint density at radius 1 is 1.53 bits per heavy atom. The van der Waals surface area contributed by atoms with Crippen LogP contribution in [0.3, 0.4) is 0 Å². The number of benzene rings is 1. The fourth-order valence-corrected chi connectivity index (χ4v) is 1.55. The second kappa shape index (κ2) is 4.31. The largest absolute Gasteiger partial charge is 0.398 e. The van der Waals surface area contributed by atoms with Crippen LogP contribution < -0.4 is 11.1 Å². The minimum absolute atomic E-state index is 0.588. The standard InChI is InChI=1S/C11H15N3O/c12-4-9-10(13)2-1-3-11(9)14-5-8-6-15-7-8/h1-4,8,12,14H,5-7,13H2. The SMILES string of the molecule is N=Cc1c(N)cccc1NCC1COC1. The minimum Gasteiger partial charge on any atom is -0.398 e. The highest BCUT2D eigenvalue weighted by Crippen LogP contribution is 2.21. The maximum atomic E-state index is 7.30. The van der Waals surface area contributed by atoms with Gasteiger partial charge in [0.25, 0.3) is 0 Å². The van der Waals surface area contributed by atoms with Gasteiger partial charge in [-0.05, 0) is 12.1 Å². The van der Waals surface area contributed by atoms with Gasteiger partial charge in [-0.25, -0.2) is 0 Å². The van der Waals surface area contributed by atoms with E-state index in [4.69, 9.17) is 15.9 Å². The van der Waals surface area contributed by atoms with Gasteiger partial charge in [-0.2, -0.15) is 0 Å². The molecule has 0 saturated carbocycles. The summed E-state index contributed by atoms with van der Waals surface area (Å²) in [6.45, 7) is 2.54. The first-order valence-corrected chi connectivity index (χ1v) is 5.02. The van der Waals surface area contributed by atoms with Crippen molar-refractivity contribution in [1.82, 2.24) is 0 Å². The Bertz CT molecular complexity index is 361. The second-order valence-electron chi connectivity index (χ2n) is 3.74. The minimum atomic E-state index is 0.588. The predicted molar refractivity (Wildman–Crippen MR) is 61.5 cm³/mol. The number of hydrogen-bond donors (Lipinski definition) is 3. The molecule has 0 amide bonds. The predicted octanol–water partition coefficient (Wildman–Crippen LogP) is 1.32. The van der Waals surface area contributed by atoms with Gasteiger partial charge in [-0.3, -0.25) is 0 Å². The molecule has 1 aliphatic heterocycles. The van der Waals surface area contributed by atoms with E-state index in [1.165, 1.54) is 6.21 Å². The lowest BCUT2D eigenvalue weighted by Gasteiger charge is -2.26. The van der Waals surface area contributed by atoms with Crippen LogP contribution in [0.5, 0.6) is 0 Å². The van der Waals surface area contributed by atoms with Gasteiger partial charge >= 0.3 is 0 Å². The van der Waals surface area contributed by atoms with Crippen molar-refractivity contribution in [2.75, 3.05) is 30.8 Å². The van der Waals surface area contributed by atoms with Crippen LogP contribution in [0.25, 0.3) is 0 Å². The zero-order valence-corrected chi connectivity index (χ0v) is 8.49. The Morgan fingerprint density at radius 2 is 2.33 bits per heavy atom. The first-order chi connectivity index (χ1) is 7.31. The van der Waals surface area contributed by atoms with E-state index in [0.717, 1.165) is 31.0 Å². The molecule has 80 valence electrons. The second-order valence-corrected chi connectivity index (χ2v) is 3.74. The molecule has 0 aromatic heterocycles. The molecular weight excluding hydrogens is 190 g/mol. The average Bonchev–Trinajstić information content (AvgIpc) is 2.15. The van der Waals surface area contributed by atoms with Gasteiger partial charge in [0.1, 0.15) is 0 Å². The molecule has 0 bridgehead atoms. The van der Waals surface area contributed by atoms with Crippen LogP contribution in [0.15, 0.2) is 18.2 Å². The molecule has 4 N–H and O–H groups in total. The van der Waals surface area contributed by atoms with Gasteiger partial charge in [0.15, 0.2) is 0 Å². The van der Waals surface area contributed by atoms with E-state index in [1.807, 2.05) is 12.1 Å². The van der Waals surface area contributed by atoms with Gasteiger partial charge in [-0.15, -0.1) is 0 Å². The summed E-state index contributed by atoms with van der Waals surface area (Å²) in [6, 6.07) is 5.64. The number of ether oxygens (including phenoxy) is 1. The third-order valence-electron chi connectivity index (χ3n) is 2.57. The Kier molecular flexibility index (Phi) is 2.87. The molecular formula is C11H15N3O.